The van der Waals surface area contributed by atoms with E-state index in [-0.39, 0.29) is 0 Å². The lowest BCUT2D eigenvalue weighted by Gasteiger charge is -2.23. The highest BCUT2D eigenvalue weighted by atomic mass is 14.9. The number of aryl methyl sites for hydroxylation is 26. The maximum atomic E-state index is 5.04. The predicted octanol–water partition coefficient (Wildman–Crippen LogP) is 25.4. The number of rotatable bonds is 0. The van der Waals surface area contributed by atoms with Gasteiger partial charge in [-0.1, -0.05) is 0 Å². The third-order valence-corrected chi connectivity index (χ3v) is 26.2. The zero-order valence-corrected chi connectivity index (χ0v) is 71.5. The highest BCUT2D eigenvalue weighted by Gasteiger charge is 2.26. The number of pyridine rings is 3. The van der Waals surface area contributed by atoms with Gasteiger partial charge in [-0.3, -0.25) is 15.0 Å². The molecule has 0 fully saturated rings. The largest absolute Gasteiger partial charge is 0.257 e. The number of hydrogen-bond donors (Lipinski definition) is 0. The molecule has 0 N–H and O–H groups in total. The van der Waals surface area contributed by atoms with Crippen LogP contribution in [-0.4, -0.2) is 44.9 Å². The van der Waals surface area contributed by atoms with E-state index in [1.807, 2.05) is 27.7 Å². The number of fused-ring (bicyclic) bond motifs is 14. The van der Waals surface area contributed by atoms with Crippen molar-refractivity contribution in [2.45, 2.75) is 270 Å². The Kier molecular flexibility index (Phi) is 21.3. The molecule has 8 aromatic carbocycles. The first kappa shape index (κ1) is 78.4. The number of nitrogens with zero attached hydrogens (tertiary/aromatic N) is 9. The van der Waals surface area contributed by atoms with Gasteiger partial charge in [-0.05, 0) is 458 Å². The van der Waals surface area contributed by atoms with Crippen LogP contribution in [0.2, 0.25) is 0 Å². The van der Waals surface area contributed by atoms with Crippen LogP contribution in [0.5, 0.6) is 0 Å². The summed E-state index contributed by atoms with van der Waals surface area (Å²) < 4.78 is 0. The van der Waals surface area contributed by atoms with Crippen molar-refractivity contribution in [1.29, 1.82) is 0 Å². The van der Waals surface area contributed by atoms with Gasteiger partial charge in [0.25, 0.3) is 0 Å². The highest BCUT2D eigenvalue weighted by Crippen LogP contribution is 2.46. The predicted molar refractivity (Wildman–Crippen MR) is 455 cm³/mol. The molecular weight excluding hydrogens is 1280 g/mol. The fourth-order valence-corrected chi connectivity index (χ4v) is 17.5. The summed E-state index contributed by atoms with van der Waals surface area (Å²) in [5.41, 5.74) is 52.7. The van der Waals surface area contributed by atoms with Crippen molar-refractivity contribution in [3.05, 3.63) is 219 Å². The van der Waals surface area contributed by atoms with Crippen LogP contribution in [0.4, 0.5) is 0 Å². The van der Waals surface area contributed by atoms with Crippen molar-refractivity contribution in [3.63, 3.8) is 0 Å². The number of aromatic nitrogens is 9. The summed E-state index contributed by atoms with van der Waals surface area (Å²) >= 11 is 0. The lowest BCUT2D eigenvalue weighted by atomic mass is 9.82. The van der Waals surface area contributed by atoms with Crippen LogP contribution in [0.15, 0.2) is 0 Å². The van der Waals surface area contributed by atoms with Crippen LogP contribution in [0.25, 0.3) is 97.6 Å². The van der Waals surface area contributed by atoms with Gasteiger partial charge < -0.3 is 0 Å². The van der Waals surface area contributed by atoms with Crippen LogP contribution in [0, 0.1) is 270 Å². The van der Waals surface area contributed by atoms with Crippen molar-refractivity contribution in [1.82, 2.24) is 44.9 Å². The molecule has 6 heterocycles. The normalized spacial score (nSPS) is 11.6. The molecule has 0 aliphatic carbocycles. The molecule has 0 saturated carbocycles. The zero-order valence-electron chi connectivity index (χ0n) is 71.5. The van der Waals surface area contributed by atoms with E-state index in [0.717, 1.165) is 79.4 Å². The Morgan fingerprint density at radius 3 is 0.695 bits per heavy atom. The molecule has 0 bridgehead atoms. The zero-order chi connectivity index (χ0) is 78.3. The lowest BCUT2D eigenvalue weighted by Crippen LogP contribution is -2.04. The second-order valence-electron chi connectivity index (χ2n) is 31.5. The van der Waals surface area contributed by atoms with Gasteiger partial charge in [0.05, 0.1) is 27.6 Å². The standard InChI is InChI=1S/C26H30N2.C22H27N.C20H24N2.2C14H18N2/c1-11-12(2)17(7)23-21(15(11)5)22-16(6)13(3)14(4)18(8)24(22)26-25(23)19(9)27-20(10)28-26;1-10-11(2)15(6)20-19(14(10)5)18(9)23-22-17(8)13(4)12(3)16(7)21(20)22;1-9-10(2)12(4)19-17(11(9)3)13(5)14(6)18-15(7)21-16(8)22-20(18)19;1-7-8(2)13-12(6)15-11(5)9(3)14(13)16-10(7)4;1-7-8(2)10(4)14-13(9(7)3)11(5)15-12(6)16-14/h1-10H3;1-9H3;1-8H3;2*1-6H3. The van der Waals surface area contributed by atoms with E-state index in [9.17, 15) is 0 Å². The monoisotopic (exact) mass is 1400 g/mol. The fourth-order valence-electron chi connectivity index (χ4n) is 17.5. The molecule has 9 nitrogen and oxygen atoms in total. The molecule has 0 unspecified atom stereocenters. The molecule has 105 heavy (non-hydrogen) atoms. The molecule has 0 aliphatic heterocycles. The topological polar surface area (TPSA) is 116 Å². The van der Waals surface area contributed by atoms with E-state index in [0.29, 0.717) is 0 Å². The SMILES string of the molecule is Cc1c(C)c(C)c2c(nc(C)c3c(C)c(C)c(C)c(C)c32)c1C.Cc1nc(C)c2c(C)c(C)c(C)c(C)c2n1.Cc1nc(C)c2c(C)c(C)c3c(C)c(C)c(C)c(C)c3c2n1.Cc1nc(C)c2c(n1)c1c(C)c(C)c(C)c(C)c1c1c(C)c(C)c(C)c(C)c21.Cc1nc2c(C)c(C)nc(C)c2c(C)c1C. The molecule has 0 amide bonds. The molecule has 14 rings (SSSR count). The van der Waals surface area contributed by atoms with E-state index in [4.69, 9.17) is 24.9 Å². The van der Waals surface area contributed by atoms with E-state index in [1.54, 1.807) is 0 Å². The molecule has 6 aromatic heterocycles. The minimum Gasteiger partial charge on any atom is -0.257 e. The van der Waals surface area contributed by atoms with Crippen molar-refractivity contribution in [2.75, 3.05) is 0 Å². The molecule has 546 valence electrons. The molecule has 0 atom stereocenters. The molecule has 9 heteroatoms. The molecule has 0 saturated heterocycles. The summed E-state index contributed by atoms with van der Waals surface area (Å²) in [6.07, 6.45) is 0. The number of benzene rings is 8. The van der Waals surface area contributed by atoms with Gasteiger partial charge in [-0.25, -0.2) is 29.9 Å². The summed E-state index contributed by atoms with van der Waals surface area (Å²) in [6.45, 7) is 85.0. The maximum Gasteiger partial charge on any atom is 0.126 e. The Morgan fingerprint density at radius 1 is 0.0952 bits per heavy atom. The average molecular weight is 1400 g/mol. The Morgan fingerprint density at radius 2 is 0.286 bits per heavy atom. The van der Waals surface area contributed by atoms with E-state index < -0.39 is 0 Å². The van der Waals surface area contributed by atoms with Crippen LogP contribution in [0.3, 0.4) is 0 Å². The van der Waals surface area contributed by atoms with Crippen molar-refractivity contribution in [3.8, 4) is 0 Å². The van der Waals surface area contributed by atoms with Crippen LogP contribution < -0.4 is 0 Å². The third kappa shape index (κ3) is 12.6. The molecule has 0 spiro atoms. The molecule has 0 radical (unpaired) electrons. The van der Waals surface area contributed by atoms with Crippen molar-refractivity contribution >= 4 is 97.6 Å². The summed E-state index contributed by atoms with van der Waals surface area (Å²) in [5.74, 6) is 2.56. The first-order valence-corrected chi connectivity index (χ1v) is 37.8. The second kappa shape index (κ2) is 28.6. The highest BCUT2D eigenvalue weighted by molar-refractivity contribution is 6.28. The summed E-state index contributed by atoms with van der Waals surface area (Å²) in [5, 5.41) is 17.1. The lowest BCUT2D eigenvalue weighted by molar-refractivity contribution is 1.04. The Hall–Kier alpha value is -9.21. The van der Waals surface area contributed by atoms with Gasteiger partial charge in [0.2, 0.25) is 0 Å². The van der Waals surface area contributed by atoms with Gasteiger partial charge in [0, 0.05) is 82.9 Å². The molecule has 0 aliphatic rings. The van der Waals surface area contributed by atoms with E-state index in [2.05, 4.69) is 262 Å². The summed E-state index contributed by atoms with van der Waals surface area (Å²) in [7, 11) is 0. The molecular formula is C96H117N9. The van der Waals surface area contributed by atoms with Crippen LogP contribution in [0.1, 0.15) is 219 Å². The van der Waals surface area contributed by atoms with Gasteiger partial charge in [-0.2, -0.15) is 0 Å². The first-order chi connectivity index (χ1) is 48.9. The van der Waals surface area contributed by atoms with Crippen molar-refractivity contribution < 1.29 is 0 Å². The van der Waals surface area contributed by atoms with Gasteiger partial charge in [0.1, 0.15) is 17.5 Å². The Labute approximate surface area is 627 Å². The summed E-state index contributed by atoms with van der Waals surface area (Å²) in [6, 6.07) is 0. The average Bonchev–Trinajstić information content (AvgIpc) is 0.782. The van der Waals surface area contributed by atoms with Crippen LogP contribution >= 0.6 is 0 Å². The Bertz CT molecular complexity index is 6130. The number of hydrogen-bond acceptors (Lipinski definition) is 9. The molecule has 14 aromatic rings. The first-order valence-electron chi connectivity index (χ1n) is 37.8. The third-order valence-electron chi connectivity index (χ3n) is 26.2. The summed E-state index contributed by atoms with van der Waals surface area (Å²) in [4.78, 5) is 42.6. The van der Waals surface area contributed by atoms with E-state index in [1.165, 1.54) is 237 Å². The van der Waals surface area contributed by atoms with E-state index >= 15 is 0 Å². The second-order valence-corrected chi connectivity index (χ2v) is 31.5. The van der Waals surface area contributed by atoms with Crippen molar-refractivity contribution in [2.24, 2.45) is 0 Å². The van der Waals surface area contributed by atoms with Gasteiger partial charge >= 0.3 is 0 Å². The smallest absolute Gasteiger partial charge is 0.126 e. The quantitative estimate of drug-likeness (QED) is 0.137. The van der Waals surface area contributed by atoms with Gasteiger partial charge in [0.15, 0.2) is 0 Å². The fraction of sp³-hybridized carbons (Fsp3) is 0.406. The van der Waals surface area contributed by atoms with Crippen LogP contribution in [-0.2, 0) is 0 Å². The maximum absolute atomic E-state index is 5.04. The Balaban J connectivity index is 0.000000143. The minimum absolute atomic E-state index is 0.846. The van der Waals surface area contributed by atoms with Gasteiger partial charge in [-0.15, -0.1) is 0 Å². The minimum atomic E-state index is 0.846.